The summed E-state index contributed by atoms with van der Waals surface area (Å²) in [4.78, 5) is 52.4. The lowest BCUT2D eigenvalue weighted by molar-refractivity contribution is -0.143. The number of carboxylic acids is 1. The summed E-state index contributed by atoms with van der Waals surface area (Å²) in [6.07, 6.45) is 2.72. The van der Waals surface area contributed by atoms with E-state index in [0.717, 1.165) is 31.0 Å². The normalized spacial score (nSPS) is 18.2. The van der Waals surface area contributed by atoms with E-state index in [0.29, 0.717) is 50.9 Å². The van der Waals surface area contributed by atoms with Crippen LogP contribution in [0.4, 0.5) is 8.78 Å². The molecule has 1 aliphatic rings. The fraction of sp³-hybridized carbons (Fsp3) is 0.543. The van der Waals surface area contributed by atoms with Gasteiger partial charge in [0.1, 0.15) is 11.6 Å². The lowest BCUT2D eigenvalue weighted by Gasteiger charge is -2.28. The van der Waals surface area contributed by atoms with E-state index in [-0.39, 0.29) is 47.6 Å². The van der Waals surface area contributed by atoms with Gasteiger partial charge in [0, 0.05) is 42.7 Å². The molecule has 0 saturated heterocycles. The molecule has 1 saturated carbocycles. The first-order valence-electron chi connectivity index (χ1n) is 16.2. The zero-order chi connectivity index (χ0) is 33.8. The Balaban J connectivity index is 1.71. The number of amides is 3. The highest BCUT2D eigenvalue weighted by Gasteiger charge is 2.29. The van der Waals surface area contributed by atoms with Gasteiger partial charge in [-0.1, -0.05) is 26.8 Å². The molecule has 46 heavy (non-hydrogen) atoms. The van der Waals surface area contributed by atoms with Gasteiger partial charge in [0.05, 0.1) is 18.1 Å². The first-order valence-corrected chi connectivity index (χ1v) is 16.2. The van der Waals surface area contributed by atoms with Crippen LogP contribution in [-0.2, 0) is 16.0 Å². The zero-order valence-corrected chi connectivity index (χ0v) is 26.9. The molecule has 252 valence electrons. The van der Waals surface area contributed by atoms with Gasteiger partial charge in [-0.25, -0.2) is 8.78 Å². The minimum absolute atomic E-state index is 0.0398. The molecule has 0 radical (unpaired) electrons. The summed E-state index contributed by atoms with van der Waals surface area (Å²) < 4.78 is 28.0. The van der Waals surface area contributed by atoms with Crippen LogP contribution in [0.5, 0.6) is 0 Å². The third-order valence-corrected chi connectivity index (χ3v) is 8.61. The number of hydrogen-bond acceptors (Lipinski definition) is 5. The predicted octanol–water partition coefficient (Wildman–Crippen LogP) is 4.96. The van der Waals surface area contributed by atoms with Crippen molar-refractivity contribution in [2.45, 2.75) is 84.3 Å². The second-order valence-electron chi connectivity index (χ2n) is 12.4. The Morgan fingerprint density at radius 2 is 1.54 bits per heavy atom. The van der Waals surface area contributed by atoms with Gasteiger partial charge in [-0.15, -0.1) is 0 Å². The topological polar surface area (TPSA) is 136 Å². The number of carbonyl (C=O) groups is 4. The summed E-state index contributed by atoms with van der Waals surface area (Å²) in [7, 11) is 0. The Hall–Kier alpha value is -3.86. The Morgan fingerprint density at radius 3 is 2.13 bits per heavy atom. The van der Waals surface area contributed by atoms with E-state index in [1.165, 1.54) is 6.07 Å². The number of halogens is 2. The van der Waals surface area contributed by atoms with E-state index in [9.17, 15) is 38.2 Å². The van der Waals surface area contributed by atoms with Gasteiger partial charge in [-0.3, -0.25) is 19.2 Å². The third-order valence-electron chi connectivity index (χ3n) is 8.61. The fourth-order valence-electron chi connectivity index (χ4n) is 6.01. The lowest BCUT2D eigenvalue weighted by atomic mass is 9.82. The molecule has 0 aromatic heterocycles. The second-order valence-corrected chi connectivity index (χ2v) is 12.4. The van der Waals surface area contributed by atoms with Gasteiger partial charge in [0.25, 0.3) is 11.8 Å². The summed E-state index contributed by atoms with van der Waals surface area (Å²) in [6, 6.07) is 8.24. The van der Waals surface area contributed by atoms with Crippen LogP contribution in [0.15, 0.2) is 42.5 Å². The average Bonchev–Trinajstić information content (AvgIpc) is 3.02. The van der Waals surface area contributed by atoms with Crippen molar-refractivity contribution in [2.24, 2.45) is 17.8 Å². The van der Waals surface area contributed by atoms with E-state index >= 15 is 0 Å². The number of aliphatic hydroxyl groups is 1. The molecule has 1 fully saturated rings. The monoisotopic (exact) mass is 643 g/mol. The number of carboxylic acid groups (broad SMARTS) is 1. The van der Waals surface area contributed by atoms with E-state index in [2.05, 4.69) is 10.6 Å². The summed E-state index contributed by atoms with van der Waals surface area (Å²) in [5.74, 6) is -4.29. The SMILES string of the molecule is CCCN(CCC)C(=O)c1cccc(C(=O)N[C@@H](Cc2cc(F)cc(F)c2)[C@@H](O)C[C@@H](C)C(=O)NCC2CCC(C(=O)O)CC2)c1. The first-order chi connectivity index (χ1) is 21.9. The number of nitrogens with one attached hydrogen (secondary N) is 2. The molecular weight excluding hydrogens is 596 g/mol. The molecule has 3 amide bonds. The van der Waals surface area contributed by atoms with Crippen molar-refractivity contribution >= 4 is 23.7 Å². The van der Waals surface area contributed by atoms with E-state index < -0.39 is 41.6 Å². The molecule has 0 unspecified atom stereocenters. The van der Waals surface area contributed by atoms with Crippen molar-refractivity contribution in [3.63, 3.8) is 0 Å². The summed E-state index contributed by atoms with van der Waals surface area (Å²) in [5.41, 5.74) is 0.750. The molecule has 2 aromatic rings. The third kappa shape index (κ3) is 10.9. The number of hydrogen-bond donors (Lipinski definition) is 4. The molecular formula is C35H47F2N3O6. The van der Waals surface area contributed by atoms with Crippen molar-refractivity contribution in [1.29, 1.82) is 0 Å². The highest BCUT2D eigenvalue weighted by molar-refractivity contribution is 5.99. The molecule has 2 aromatic carbocycles. The number of aliphatic carboxylic acids is 1. The molecule has 11 heteroatoms. The smallest absolute Gasteiger partial charge is 0.306 e. The fourth-order valence-corrected chi connectivity index (χ4v) is 6.01. The number of nitrogens with zero attached hydrogens (tertiary/aromatic N) is 1. The van der Waals surface area contributed by atoms with Crippen LogP contribution in [0, 0.1) is 29.4 Å². The van der Waals surface area contributed by atoms with Crippen LogP contribution < -0.4 is 10.6 Å². The van der Waals surface area contributed by atoms with Crippen LogP contribution in [-0.4, -0.2) is 70.6 Å². The Morgan fingerprint density at radius 1 is 0.935 bits per heavy atom. The number of aliphatic hydroxyl groups excluding tert-OH is 1. The van der Waals surface area contributed by atoms with E-state index in [1.807, 2.05) is 13.8 Å². The minimum Gasteiger partial charge on any atom is -0.481 e. The highest BCUT2D eigenvalue weighted by Crippen LogP contribution is 2.28. The molecule has 0 spiro atoms. The number of carbonyl (C=O) groups excluding carboxylic acids is 3. The largest absolute Gasteiger partial charge is 0.481 e. The molecule has 4 N–H and O–H groups in total. The van der Waals surface area contributed by atoms with Gasteiger partial charge in [-0.2, -0.15) is 0 Å². The van der Waals surface area contributed by atoms with Crippen LogP contribution in [0.25, 0.3) is 0 Å². The van der Waals surface area contributed by atoms with Gasteiger partial charge >= 0.3 is 5.97 Å². The van der Waals surface area contributed by atoms with E-state index in [1.54, 1.807) is 30.0 Å². The summed E-state index contributed by atoms with van der Waals surface area (Å²) >= 11 is 0. The maximum absolute atomic E-state index is 14.0. The van der Waals surface area contributed by atoms with Crippen LogP contribution in [0.2, 0.25) is 0 Å². The Labute approximate surface area is 269 Å². The van der Waals surface area contributed by atoms with Crippen LogP contribution in [0.3, 0.4) is 0 Å². The summed E-state index contributed by atoms with van der Waals surface area (Å²) in [6.45, 7) is 7.17. The van der Waals surface area contributed by atoms with Gasteiger partial charge in [0.15, 0.2) is 0 Å². The number of benzene rings is 2. The van der Waals surface area contributed by atoms with Crippen molar-refractivity contribution in [3.05, 3.63) is 70.8 Å². The maximum atomic E-state index is 14.0. The Bertz CT molecular complexity index is 1320. The second kappa shape index (κ2) is 17.7. The average molecular weight is 644 g/mol. The quantitative estimate of drug-likeness (QED) is 0.204. The molecule has 0 aliphatic heterocycles. The van der Waals surface area contributed by atoms with Crippen molar-refractivity contribution in [2.75, 3.05) is 19.6 Å². The maximum Gasteiger partial charge on any atom is 0.306 e. The molecule has 9 nitrogen and oxygen atoms in total. The van der Waals surface area contributed by atoms with Crippen molar-refractivity contribution < 1.29 is 38.2 Å². The van der Waals surface area contributed by atoms with Crippen molar-refractivity contribution in [3.8, 4) is 0 Å². The Kier molecular flexibility index (Phi) is 14.1. The van der Waals surface area contributed by atoms with Crippen LogP contribution >= 0.6 is 0 Å². The van der Waals surface area contributed by atoms with Gasteiger partial charge in [0.2, 0.25) is 5.91 Å². The zero-order valence-electron chi connectivity index (χ0n) is 26.9. The molecule has 3 rings (SSSR count). The van der Waals surface area contributed by atoms with Gasteiger partial charge < -0.3 is 25.7 Å². The van der Waals surface area contributed by atoms with E-state index in [4.69, 9.17) is 0 Å². The molecule has 1 aliphatic carbocycles. The first kappa shape index (κ1) is 36.6. The molecule has 3 atom stereocenters. The minimum atomic E-state index is -1.25. The van der Waals surface area contributed by atoms with Crippen LogP contribution in [0.1, 0.15) is 92.0 Å². The highest BCUT2D eigenvalue weighted by atomic mass is 19.1. The summed E-state index contributed by atoms with van der Waals surface area (Å²) in [5, 5.41) is 26.1. The molecule has 0 heterocycles. The number of rotatable bonds is 16. The van der Waals surface area contributed by atoms with Crippen molar-refractivity contribution in [1.82, 2.24) is 15.5 Å². The predicted molar refractivity (Wildman–Crippen MR) is 170 cm³/mol. The standard InChI is InChI=1S/C35H47F2N3O6/c1-4-13-40(14-5-2)34(44)27-8-6-7-26(19-27)33(43)39-30(18-24-16-28(36)20-29(37)17-24)31(41)15-22(3)32(42)38-21-23-9-11-25(12-10-23)35(45)46/h6-8,16-17,19-20,22-23,25,30-31,41H,4-5,9-15,18,21H2,1-3H3,(H,38,42)(H,39,43)(H,45,46)/t22-,23?,25?,30+,31+/m1/s1. The van der Waals surface area contributed by atoms with Gasteiger partial charge in [-0.05, 0) is 93.2 Å². The lowest BCUT2D eigenvalue weighted by Crippen LogP contribution is -2.46. The molecule has 0 bridgehead atoms.